The largest absolute Gasteiger partial charge is 0.458 e. The summed E-state index contributed by atoms with van der Waals surface area (Å²) in [5.74, 6) is 0.976. The van der Waals surface area contributed by atoms with E-state index in [0.29, 0.717) is 11.8 Å². The van der Waals surface area contributed by atoms with Crippen molar-refractivity contribution in [3.05, 3.63) is 0 Å². The second-order valence-electron chi connectivity index (χ2n) is 7.29. The summed E-state index contributed by atoms with van der Waals surface area (Å²) in [5.41, 5.74) is -0.572. The average Bonchev–Trinajstić information content (AvgIpc) is 2.38. The smallest absolute Gasteiger partial charge is 0.312 e. The quantitative estimate of drug-likeness (QED) is 0.659. The van der Waals surface area contributed by atoms with Gasteiger partial charge in [-0.1, -0.05) is 34.1 Å². The first kappa shape index (κ1) is 16.5. The summed E-state index contributed by atoms with van der Waals surface area (Å²) in [5, 5.41) is 0. The van der Waals surface area contributed by atoms with Crippen LogP contribution < -0.4 is 0 Å². The van der Waals surface area contributed by atoms with Gasteiger partial charge in [0.25, 0.3) is 0 Å². The zero-order valence-electron chi connectivity index (χ0n) is 13.7. The second-order valence-corrected chi connectivity index (χ2v) is 7.29. The van der Waals surface area contributed by atoms with Crippen molar-refractivity contribution in [2.45, 2.75) is 85.7 Å². The van der Waals surface area contributed by atoms with E-state index >= 15 is 0 Å². The zero-order chi connectivity index (χ0) is 14.7. The van der Waals surface area contributed by atoms with E-state index < -0.39 is 0 Å². The minimum Gasteiger partial charge on any atom is -0.458 e. The Balaban J connectivity index is 2.89. The normalized spacial score (nSPS) is 21.2. The molecule has 1 aliphatic rings. The third kappa shape index (κ3) is 3.73. The van der Waals surface area contributed by atoms with E-state index in [1.807, 2.05) is 13.8 Å². The first-order valence-corrected chi connectivity index (χ1v) is 7.98. The fourth-order valence-electron chi connectivity index (χ4n) is 2.88. The molecule has 0 aliphatic heterocycles. The van der Waals surface area contributed by atoms with E-state index in [4.69, 9.17) is 4.74 Å². The number of esters is 1. The van der Waals surface area contributed by atoms with Crippen LogP contribution in [0.5, 0.6) is 0 Å². The number of carbonyl (C=O) groups is 1. The molecule has 2 heteroatoms. The summed E-state index contributed by atoms with van der Waals surface area (Å²) < 4.78 is 6.12. The molecule has 2 nitrogen and oxygen atoms in total. The molecule has 1 aliphatic carbocycles. The van der Waals surface area contributed by atoms with Gasteiger partial charge in [0.15, 0.2) is 0 Å². The molecule has 0 amide bonds. The molecule has 0 spiro atoms. The number of rotatable bonds is 5. The Kier molecular flexibility index (Phi) is 5.46. The van der Waals surface area contributed by atoms with Crippen LogP contribution in [0.25, 0.3) is 0 Å². The lowest BCUT2D eigenvalue weighted by atomic mass is 9.71. The molecule has 0 aromatic carbocycles. The molecule has 0 aromatic rings. The molecule has 0 aromatic heterocycles. The Morgan fingerprint density at radius 3 is 2.11 bits per heavy atom. The molecule has 19 heavy (non-hydrogen) atoms. The van der Waals surface area contributed by atoms with Gasteiger partial charge < -0.3 is 4.74 Å². The Labute approximate surface area is 119 Å². The van der Waals surface area contributed by atoms with Crippen molar-refractivity contribution >= 4 is 5.97 Å². The van der Waals surface area contributed by atoms with Gasteiger partial charge in [0.2, 0.25) is 0 Å². The lowest BCUT2D eigenvalue weighted by molar-refractivity contribution is -0.183. The summed E-state index contributed by atoms with van der Waals surface area (Å²) in [4.78, 5) is 12.5. The molecule has 1 unspecified atom stereocenters. The van der Waals surface area contributed by atoms with Gasteiger partial charge >= 0.3 is 5.97 Å². The SMILES string of the molecule is CCC(C)(C)C(=O)OC1(C(C)C(C)C)CCCCC1. The molecular weight excluding hydrogens is 236 g/mol. The number of carbonyl (C=O) groups excluding carboxylic acids is 1. The first-order valence-electron chi connectivity index (χ1n) is 7.98. The van der Waals surface area contributed by atoms with E-state index in [9.17, 15) is 4.79 Å². The maximum absolute atomic E-state index is 12.5. The van der Waals surface area contributed by atoms with Crippen LogP contribution in [0.3, 0.4) is 0 Å². The fraction of sp³-hybridized carbons (Fsp3) is 0.941. The molecular formula is C17H32O2. The molecule has 1 saturated carbocycles. The molecule has 0 N–H and O–H groups in total. The number of hydrogen-bond acceptors (Lipinski definition) is 2. The summed E-state index contributed by atoms with van der Waals surface area (Å²) in [7, 11) is 0. The first-order chi connectivity index (χ1) is 8.75. The molecule has 1 rings (SSSR count). The van der Waals surface area contributed by atoms with Crippen LogP contribution in [0, 0.1) is 17.3 Å². The molecule has 112 valence electrons. The molecule has 0 heterocycles. The summed E-state index contributed by atoms with van der Waals surface area (Å²) in [6.07, 6.45) is 6.57. The summed E-state index contributed by atoms with van der Waals surface area (Å²) >= 11 is 0. The third-order valence-corrected chi connectivity index (χ3v) is 5.26. The van der Waals surface area contributed by atoms with Gasteiger partial charge in [-0.2, -0.15) is 0 Å². The van der Waals surface area contributed by atoms with Gasteiger partial charge in [-0.3, -0.25) is 4.79 Å². The van der Waals surface area contributed by atoms with Gasteiger partial charge in [0.05, 0.1) is 5.41 Å². The highest BCUT2D eigenvalue weighted by atomic mass is 16.6. The molecule has 1 atom stereocenters. The van der Waals surface area contributed by atoms with Crippen molar-refractivity contribution in [3.8, 4) is 0 Å². The lowest BCUT2D eigenvalue weighted by Gasteiger charge is -2.44. The summed E-state index contributed by atoms with van der Waals surface area (Å²) in [6, 6.07) is 0. The monoisotopic (exact) mass is 268 g/mol. The van der Waals surface area contributed by atoms with Crippen LogP contribution in [0.2, 0.25) is 0 Å². The van der Waals surface area contributed by atoms with E-state index in [1.165, 1.54) is 19.3 Å². The average molecular weight is 268 g/mol. The lowest BCUT2D eigenvalue weighted by Crippen LogP contribution is -2.47. The Morgan fingerprint density at radius 1 is 1.16 bits per heavy atom. The Bertz CT molecular complexity index is 298. The van der Waals surface area contributed by atoms with Crippen LogP contribution in [-0.2, 0) is 9.53 Å². The topological polar surface area (TPSA) is 26.3 Å². The number of hydrogen-bond donors (Lipinski definition) is 0. The molecule has 0 saturated heterocycles. The predicted molar refractivity (Wildman–Crippen MR) is 80.0 cm³/mol. The summed E-state index contributed by atoms with van der Waals surface area (Å²) in [6.45, 7) is 12.8. The van der Waals surface area contributed by atoms with Crippen LogP contribution in [0.1, 0.15) is 80.1 Å². The van der Waals surface area contributed by atoms with Crippen molar-refractivity contribution in [1.29, 1.82) is 0 Å². The predicted octanol–water partition coefficient (Wildman–Crippen LogP) is 4.96. The van der Waals surface area contributed by atoms with E-state index in [1.54, 1.807) is 0 Å². The second kappa shape index (κ2) is 6.28. The van der Waals surface area contributed by atoms with Crippen molar-refractivity contribution in [2.24, 2.45) is 17.3 Å². The maximum atomic E-state index is 12.5. The fourth-order valence-corrected chi connectivity index (χ4v) is 2.88. The van der Waals surface area contributed by atoms with Crippen LogP contribution >= 0.6 is 0 Å². The van der Waals surface area contributed by atoms with E-state index in [2.05, 4.69) is 27.7 Å². The van der Waals surface area contributed by atoms with Gasteiger partial charge in [0.1, 0.15) is 5.60 Å². The van der Waals surface area contributed by atoms with Crippen molar-refractivity contribution in [2.75, 3.05) is 0 Å². The van der Waals surface area contributed by atoms with Gasteiger partial charge in [-0.15, -0.1) is 0 Å². The third-order valence-electron chi connectivity index (χ3n) is 5.26. The zero-order valence-corrected chi connectivity index (χ0v) is 13.7. The van der Waals surface area contributed by atoms with Crippen molar-refractivity contribution in [1.82, 2.24) is 0 Å². The van der Waals surface area contributed by atoms with Crippen LogP contribution in [-0.4, -0.2) is 11.6 Å². The van der Waals surface area contributed by atoms with Crippen LogP contribution in [0.4, 0.5) is 0 Å². The van der Waals surface area contributed by atoms with Gasteiger partial charge in [-0.05, 0) is 57.8 Å². The highest BCUT2D eigenvalue weighted by molar-refractivity contribution is 5.76. The molecule has 0 bridgehead atoms. The minimum absolute atomic E-state index is 0.00981. The minimum atomic E-state index is -0.360. The van der Waals surface area contributed by atoms with E-state index in [-0.39, 0.29) is 17.0 Å². The van der Waals surface area contributed by atoms with Crippen LogP contribution in [0.15, 0.2) is 0 Å². The highest BCUT2D eigenvalue weighted by Crippen LogP contribution is 2.42. The van der Waals surface area contributed by atoms with Crippen molar-refractivity contribution in [3.63, 3.8) is 0 Å². The van der Waals surface area contributed by atoms with E-state index in [0.717, 1.165) is 19.3 Å². The highest BCUT2D eigenvalue weighted by Gasteiger charge is 2.44. The van der Waals surface area contributed by atoms with Gasteiger partial charge in [0, 0.05) is 0 Å². The molecule has 1 fully saturated rings. The van der Waals surface area contributed by atoms with Gasteiger partial charge in [-0.25, -0.2) is 0 Å². The molecule has 0 radical (unpaired) electrons. The number of ether oxygens (including phenoxy) is 1. The Hall–Kier alpha value is -0.530. The van der Waals surface area contributed by atoms with Crippen molar-refractivity contribution < 1.29 is 9.53 Å². The Morgan fingerprint density at radius 2 is 1.68 bits per heavy atom. The maximum Gasteiger partial charge on any atom is 0.312 e. The standard InChI is InChI=1S/C17H32O2/c1-7-16(5,6)15(18)19-17(14(4)13(2)3)11-9-8-10-12-17/h13-14H,7-12H2,1-6H3.